The van der Waals surface area contributed by atoms with Crippen LogP contribution in [0.3, 0.4) is 0 Å². The number of benzene rings is 1. The summed E-state index contributed by atoms with van der Waals surface area (Å²) in [5.74, 6) is -0.708. The predicted octanol–water partition coefficient (Wildman–Crippen LogP) is 1.04. The maximum Gasteiger partial charge on any atom is 0.272 e. The zero-order valence-corrected chi connectivity index (χ0v) is 18.0. The van der Waals surface area contributed by atoms with Crippen LogP contribution in [-0.4, -0.2) is 65.5 Å². The lowest BCUT2D eigenvalue weighted by molar-refractivity contribution is -0.132. The molecule has 1 atom stereocenters. The fraction of sp³-hybridized carbons (Fsp3) is 0.476. The number of carbonyl (C=O) groups is 2. The lowest BCUT2D eigenvalue weighted by atomic mass is 10.1. The molecule has 160 valence electrons. The van der Waals surface area contributed by atoms with Crippen LogP contribution < -0.4 is 5.32 Å². The quantitative estimate of drug-likeness (QED) is 0.781. The Labute approximate surface area is 176 Å². The monoisotopic (exact) mass is 430 g/mol. The van der Waals surface area contributed by atoms with Gasteiger partial charge in [-0.25, -0.2) is 13.1 Å². The summed E-state index contributed by atoms with van der Waals surface area (Å²) < 4.78 is 25.0. The van der Waals surface area contributed by atoms with Crippen LogP contribution >= 0.6 is 0 Å². The number of nitrogens with zero attached hydrogens (tertiary/aromatic N) is 3. The molecule has 4 rings (SSSR count). The van der Waals surface area contributed by atoms with Gasteiger partial charge in [0.2, 0.25) is 5.91 Å². The molecule has 1 fully saturated rings. The number of carbonyl (C=O) groups excluding carboxylic acids is 2. The van der Waals surface area contributed by atoms with Crippen LogP contribution in [0.5, 0.6) is 0 Å². The van der Waals surface area contributed by atoms with Crippen LogP contribution in [0.15, 0.2) is 24.3 Å². The molecule has 1 aliphatic heterocycles. The van der Waals surface area contributed by atoms with Crippen molar-refractivity contribution < 1.29 is 18.0 Å². The Morgan fingerprint density at radius 3 is 2.53 bits per heavy atom. The van der Waals surface area contributed by atoms with E-state index in [1.165, 1.54) is 4.90 Å². The fourth-order valence-corrected chi connectivity index (χ4v) is 5.35. The molecule has 1 aliphatic carbocycles. The first-order valence-corrected chi connectivity index (χ1v) is 12.1. The van der Waals surface area contributed by atoms with E-state index in [1.54, 1.807) is 6.92 Å². The summed E-state index contributed by atoms with van der Waals surface area (Å²) in [4.78, 5) is 27.2. The number of aromatic nitrogens is 2. The van der Waals surface area contributed by atoms with E-state index in [-0.39, 0.29) is 36.4 Å². The molecule has 0 saturated carbocycles. The van der Waals surface area contributed by atoms with Crippen molar-refractivity contribution in [2.24, 2.45) is 0 Å². The van der Waals surface area contributed by atoms with E-state index in [0.29, 0.717) is 5.69 Å². The van der Waals surface area contributed by atoms with Crippen molar-refractivity contribution in [2.75, 3.05) is 24.6 Å². The summed E-state index contributed by atoms with van der Waals surface area (Å²) in [5.41, 5.74) is 4.39. The molecule has 2 aliphatic rings. The molecule has 1 aromatic heterocycles. The second-order valence-corrected chi connectivity index (χ2v) is 10.3. The van der Waals surface area contributed by atoms with Gasteiger partial charge in [-0.05, 0) is 44.7 Å². The molecule has 1 aromatic carbocycles. The van der Waals surface area contributed by atoms with Crippen LogP contribution in [0.2, 0.25) is 0 Å². The Bertz CT molecular complexity index is 1090. The predicted molar refractivity (Wildman–Crippen MR) is 112 cm³/mol. The Kier molecular flexibility index (Phi) is 5.40. The zero-order valence-electron chi connectivity index (χ0n) is 17.2. The summed E-state index contributed by atoms with van der Waals surface area (Å²) in [6.07, 6.45) is 2.62. The Morgan fingerprint density at radius 2 is 1.83 bits per heavy atom. The smallest absolute Gasteiger partial charge is 0.272 e. The van der Waals surface area contributed by atoms with Crippen LogP contribution in [0.1, 0.15) is 40.7 Å². The van der Waals surface area contributed by atoms with Crippen molar-refractivity contribution >= 4 is 21.7 Å². The van der Waals surface area contributed by atoms with E-state index >= 15 is 0 Å². The first-order valence-electron chi connectivity index (χ1n) is 10.2. The van der Waals surface area contributed by atoms with Gasteiger partial charge in [-0.1, -0.05) is 18.2 Å². The molecule has 30 heavy (non-hydrogen) atoms. The molecule has 0 radical (unpaired) electrons. The highest BCUT2D eigenvalue weighted by Crippen LogP contribution is 2.28. The number of rotatable bonds is 4. The van der Waals surface area contributed by atoms with Gasteiger partial charge in [0.1, 0.15) is 6.04 Å². The van der Waals surface area contributed by atoms with Crippen molar-refractivity contribution in [1.29, 1.82) is 0 Å². The van der Waals surface area contributed by atoms with Crippen molar-refractivity contribution in [3.63, 3.8) is 0 Å². The Morgan fingerprint density at radius 1 is 1.13 bits per heavy atom. The number of hydrogen-bond donors (Lipinski definition) is 1. The third kappa shape index (κ3) is 3.86. The third-order valence-electron chi connectivity index (χ3n) is 5.86. The fourth-order valence-electron chi connectivity index (χ4n) is 4.15. The van der Waals surface area contributed by atoms with E-state index in [1.807, 2.05) is 35.9 Å². The van der Waals surface area contributed by atoms with Crippen LogP contribution in [0.4, 0.5) is 0 Å². The molecule has 8 nitrogen and oxygen atoms in total. The number of amides is 2. The topological polar surface area (TPSA) is 101 Å². The summed E-state index contributed by atoms with van der Waals surface area (Å²) in [6.45, 7) is 3.97. The van der Waals surface area contributed by atoms with Crippen LogP contribution in [-0.2, 0) is 27.5 Å². The third-order valence-corrected chi connectivity index (χ3v) is 7.47. The normalized spacial score (nSPS) is 18.7. The summed E-state index contributed by atoms with van der Waals surface area (Å²) in [5, 5.41) is 7.37. The molecule has 1 N–H and O–H groups in total. The van der Waals surface area contributed by atoms with Gasteiger partial charge in [0.25, 0.3) is 5.91 Å². The standard InChI is InChI=1S/C21H26N4O4S/c1-14-6-3-4-8-17(14)25-18-9-5-7-16(18)19(23-25)20(26)22-15(2)21(27)24-10-12-30(28,29)13-11-24/h3-4,6,8,15H,5,7,9-13H2,1-2H3,(H,22,26). The van der Waals surface area contributed by atoms with Crippen molar-refractivity contribution in [2.45, 2.75) is 39.2 Å². The number of fused-ring (bicyclic) bond motifs is 1. The van der Waals surface area contributed by atoms with E-state index in [0.717, 1.165) is 41.8 Å². The number of aryl methyl sites for hydroxylation is 1. The maximum absolute atomic E-state index is 13.0. The van der Waals surface area contributed by atoms with Gasteiger partial charge in [0.05, 0.1) is 17.2 Å². The van der Waals surface area contributed by atoms with E-state index in [2.05, 4.69) is 10.4 Å². The average Bonchev–Trinajstić information content (AvgIpc) is 3.30. The molecule has 0 bridgehead atoms. The summed E-state index contributed by atoms with van der Waals surface area (Å²) >= 11 is 0. The van der Waals surface area contributed by atoms with Gasteiger partial charge in [-0.3, -0.25) is 9.59 Å². The lowest BCUT2D eigenvalue weighted by Gasteiger charge is -2.29. The Hall–Kier alpha value is -2.68. The average molecular weight is 431 g/mol. The number of sulfone groups is 1. The van der Waals surface area contributed by atoms with Gasteiger partial charge in [-0.2, -0.15) is 5.10 Å². The molecule has 9 heteroatoms. The highest BCUT2D eigenvalue weighted by Gasteiger charge is 2.31. The minimum Gasteiger partial charge on any atom is -0.339 e. The highest BCUT2D eigenvalue weighted by atomic mass is 32.2. The van der Waals surface area contributed by atoms with Crippen molar-refractivity contribution in [1.82, 2.24) is 20.0 Å². The number of para-hydroxylation sites is 1. The number of hydrogen-bond acceptors (Lipinski definition) is 5. The first kappa shape index (κ1) is 20.6. The van der Waals surface area contributed by atoms with E-state index in [9.17, 15) is 18.0 Å². The Balaban J connectivity index is 1.52. The van der Waals surface area contributed by atoms with Gasteiger partial charge < -0.3 is 10.2 Å². The van der Waals surface area contributed by atoms with E-state index < -0.39 is 15.9 Å². The maximum atomic E-state index is 13.0. The highest BCUT2D eigenvalue weighted by molar-refractivity contribution is 7.91. The second kappa shape index (κ2) is 7.86. The van der Waals surface area contributed by atoms with Gasteiger partial charge in [0.15, 0.2) is 15.5 Å². The summed E-state index contributed by atoms with van der Waals surface area (Å²) in [6, 6.07) is 7.16. The van der Waals surface area contributed by atoms with E-state index in [4.69, 9.17) is 0 Å². The molecule has 1 unspecified atom stereocenters. The minimum atomic E-state index is -3.07. The van der Waals surface area contributed by atoms with Gasteiger partial charge in [-0.15, -0.1) is 0 Å². The first-order chi connectivity index (χ1) is 14.3. The van der Waals surface area contributed by atoms with Crippen LogP contribution in [0, 0.1) is 6.92 Å². The molecule has 2 heterocycles. The minimum absolute atomic E-state index is 0.0340. The molecule has 0 spiro atoms. The van der Waals surface area contributed by atoms with Gasteiger partial charge >= 0.3 is 0 Å². The number of nitrogens with one attached hydrogen (secondary N) is 1. The van der Waals surface area contributed by atoms with Crippen molar-refractivity contribution in [3.05, 3.63) is 46.8 Å². The molecule has 1 saturated heterocycles. The lowest BCUT2D eigenvalue weighted by Crippen LogP contribution is -2.51. The molecule has 2 amide bonds. The van der Waals surface area contributed by atoms with Crippen molar-refractivity contribution in [3.8, 4) is 5.69 Å². The SMILES string of the molecule is Cc1ccccc1-n1nc(C(=O)NC(C)C(=O)N2CCS(=O)(=O)CC2)c2c1CCC2. The summed E-state index contributed by atoms with van der Waals surface area (Å²) in [7, 11) is -3.07. The van der Waals surface area contributed by atoms with Crippen LogP contribution in [0.25, 0.3) is 5.69 Å². The molecular weight excluding hydrogens is 404 g/mol. The zero-order chi connectivity index (χ0) is 21.5. The molecular formula is C21H26N4O4S. The molecule has 2 aromatic rings. The second-order valence-electron chi connectivity index (χ2n) is 8.00. The van der Waals surface area contributed by atoms with Gasteiger partial charge in [0, 0.05) is 24.3 Å². The largest absolute Gasteiger partial charge is 0.339 e.